The Labute approximate surface area is 136 Å². The van der Waals surface area contributed by atoms with Crippen LogP contribution in [0.5, 0.6) is 0 Å². The smallest absolute Gasteiger partial charge is 0.0161 e. The summed E-state index contributed by atoms with van der Waals surface area (Å²) in [5, 5.41) is 1.51. The molecule has 2 aliphatic carbocycles. The second-order valence-electron chi connectivity index (χ2n) is 5.90. The van der Waals surface area contributed by atoms with Gasteiger partial charge in [0.15, 0.2) is 0 Å². The SMILES string of the molecule is CC1=CC=C(C2=c3ccccc3=IC3=CCCC=C32)CC1. The van der Waals surface area contributed by atoms with Gasteiger partial charge in [-0.3, -0.25) is 0 Å². The third-order valence-corrected chi connectivity index (χ3v) is 7.52. The van der Waals surface area contributed by atoms with E-state index in [0.717, 1.165) is 0 Å². The molecule has 0 spiro atoms. The second kappa shape index (κ2) is 5.53. The zero-order valence-corrected chi connectivity index (χ0v) is 14.5. The van der Waals surface area contributed by atoms with Crippen molar-refractivity contribution in [3.63, 3.8) is 0 Å². The van der Waals surface area contributed by atoms with Crippen molar-refractivity contribution in [3.05, 3.63) is 77.2 Å². The van der Waals surface area contributed by atoms with E-state index in [1.165, 1.54) is 47.6 Å². The highest BCUT2D eigenvalue weighted by atomic mass is 127. The molecule has 0 unspecified atom stereocenters. The Morgan fingerprint density at radius 1 is 0.952 bits per heavy atom. The fraction of sp³-hybridized carbons (Fsp3) is 0.250. The van der Waals surface area contributed by atoms with Crippen molar-refractivity contribution in [1.82, 2.24) is 0 Å². The molecule has 1 heteroatoms. The molecular formula is C20H19I. The highest BCUT2D eigenvalue weighted by molar-refractivity contribution is 14.2. The molecule has 21 heavy (non-hydrogen) atoms. The molecule has 3 aliphatic rings. The molecule has 0 amide bonds. The van der Waals surface area contributed by atoms with Crippen LogP contribution >= 0.6 is 20.7 Å². The van der Waals surface area contributed by atoms with Gasteiger partial charge in [0.25, 0.3) is 0 Å². The number of halogens is 1. The van der Waals surface area contributed by atoms with Crippen LogP contribution in [0.15, 0.2) is 68.9 Å². The lowest BCUT2D eigenvalue weighted by Gasteiger charge is -2.24. The molecule has 0 aromatic heterocycles. The first-order chi connectivity index (χ1) is 10.3. The first-order valence-electron chi connectivity index (χ1n) is 7.72. The lowest BCUT2D eigenvalue weighted by atomic mass is 9.86. The Morgan fingerprint density at radius 2 is 1.81 bits per heavy atom. The van der Waals surface area contributed by atoms with Crippen LogP contribution in [0.1, 0.15) is 32.6 Å². The maximum Gasteiger partial charge on any atom is 0.0161 e. The van der Waals surface area contributed by atoms with E-state index in [1.54, 1.807) is 12.3 Å². The minimum atomic E-state index is 0.00425. The van der Waals surface area contributed by atoms with Gasteiger partial charge in [0.2, 0.25) is 0 Å². The summed E-state index contributed by atoms with van der Waals surface area (Å²) in [6, 6.07) is 9.08. The van der Waals surface area contributed by atoms with Gasteiger partial charge in [0.1, 0.15) is 0 Å². The molecule has 0 N–H and O–H groups in total. The summed E-state index contributed by atoms with van der Waals surface area (Å²) in [6.07, 6.45) is 14.5. The Kier molecular flexibility index (Phi) is 3.54. The number of fused-ring (bicyclic) bond motifs is 2. The van der Waals surface area contributed by atoms with Crippen LogP contribution in [0, 0.1) is 3.15 Å². The molecule has 0 radical (unpaired) electrons. The van der Waals surface area contributed by atoms with E-state index in [2.05, 4.69) is 55.5 Å². The lowest BCUT2D eigenvalue weighted by Crippen LogP contribution is -2.15. The van der Waals surface area contributed by atoms with Crippen molar-refractivity contribution >= 4 is 26.3 Å². The summed E-state index contributed by atoms with van der Waals surface area (Å²) in [6.45, 7) is 2.24. The molecular weight excluding hydrogens is 367 g/mol. The fourth-order valence-corrected chi connectivity index (χ4v) is 6.32. The third-order valence-electron chi connectivity index (χ3n) is 4.39. The van der Waals surface area contributed by atoms with Crippen molar-refractivity contribution in [3.8, 4) is 0 Å². The fourth-order valence-electron chi connectivity index (χ4n) is 3.25. The van der Waals surface area contributed by atoms with Gasteiger partial charge < -0.3 is 0 Å². The van der Waals surface area contributed by atoms with Crippen molar-refractivity contribution in [1.29, 1.82) is 0 Å². The molecule has 0 atom stereocenters. The molecule has 1 aromatic carbocycles. The van der Waals surface area contributed by atoms with E-state index < -0.39 is 0 Å². The Morgan fingerprint density at radius 3 is 2.67 bits per heavy atom. The van der Waals surface area contributed by atoms with Crippen molar-refractivity contribution < 1.29 is 0 Å². The maximum atomic E-state index is 2.50. The van der Waals surface area contributed by atoms with Gasteiger partial charge in [0.05, 0.1) is 0 Å². The van der Waals surface area contributed by atoms with E-state index in [1.807, 2.05) is 0 Å². The minimum absolute atomic E-state index is 0.00425. The van der Waals surface area contributed by atoms with E-state index in [-0.39, 0.29) is 20.7 Å². The summed E-state index contributed by atoms with van der Waals surface area (Å²) >= 11 is 0.00425. The van der Waals surface area contributed by atoms with Gasteiger partial charge in [-0.1, -0.05) is 68.8 Å². The molecule has 1 aliphatic heterocycles. The second-order valence-corrected chi connectivity index (χ2v) is 8.77. The molecule has 0 nitrogen and oxygen atoms in total. The van der Waals surface area contributed by atoms with Crippen LogP contribution in [0.25, 0.3) is 5.57 Å². The predicted molar refractivity (Wildman–Crippen MR) is 98.8 cm³/mol. The van der Waals surface area contributed by atoms with Crippen molar-refractivity contribution in [2.75, 3.05) is 0 Å². The first kappa shape index (κ1) is 13.4. The standard InChI is InChI=1S/C20H19I/c1-14-10-12-15(13-11-14)20-16-6-2-4-8-18(16)21-19-9-5-3-7-17(19)20/h2,4,6-10,12H,3,5,11,13H2,1H3. The van der Waals surface area contributed by atoms with E-state index >= 15 is 0 Å². The molecule has 106 valence electrons. The molecule has 1 heterocycles. The quantitative estimate of drug-likeness (QED) is 0.572. The van der Waals surface area contributed by atoms with Crippen LogP contribution in [0.3, 0.4) is 0 Å². The van der Waals surface area contributed by atoms with Crippen molar-refractivity contribution in [2.45, 2.75) is 32.6 Å². The number of allylic oxidation sites excluding steroid dienone is 8. The van der Waals surface area contributed by atoms with Gasteiger partial charge in [-0.25, -0.2) is 0 Å². The highest BCUT2D eigenvalue weighted by Gasteiger charge is 2.20. The summed E-state index contributed by atoms with van der Waals surface area (Å²) < 4.78 is 3.25. The zero-order valence-electron chi connectivity index (χ0n) is 12.3. The summed E-state index contributed by atoms with van der Waals surface area (Å²) in [5.41, 5.74) is 6.14. The summed E-state index contributed by atoms with van der Waals surface area (Å²) in [4.78, 5) is 0. The highest BCUT2D eigenvalue weighted by Crippen LogP contribution is 2.41. The van der Waals surface area contributed by atoms with Gasteiger partial charge in [-0.15, -0.1) is 0 Å². The molecule has 0 saturated heterocycles. The number of benzene rings is 1. The molecule has 0 bridgehead atoms. The largest absolute Gasteiger partial charge is 0.0765 e. The number of rotatable bonds is 1. The molecule has 0 fully saturated rings. The monoisotopic (exact) mass is 386 g/mol. The average molecular weight is 386 g/mol. The third kappa shape index (κ3) is 2.42. The van der Waals surface area contributed by atoms with Gasteiger partial charge in [0, 0.05) is 6.73 Å². The lowest BCUT2D eigenvalue weighted by molar-refractivity contribution is 0.928. The Hall–Kier alpha value is -1.22. The van der Waals surface area contributed by atoms with Crippen LogP contribution in [-0.2, 0) is 0 Å². The van der Waals surface area contributed by atoms with Crippen molar-refractivity contribution in [2.24, 2.45) is 0 Å². The first-order valence-corrected chi connectivity index (χ1v) is 9.87. The molecule has 1 aromatic rings. The predicted octanol–water partition coefficient (Wildman–Crippen LogP) is 5.34. The van der Waals surface area contributed by atoms with E-state index in [4.69, 9.17) is 0 Å². The topological polar surface area (TPSA) is 0 Å². The normalized spacial score (nSPS) is 20.7. The molecule has 0 saturated carbocycles. The Bertz CT molecular complexity index is 844. The summed E-state index contributed by atoms with van der Waals surface area (Å²) in [7, 11) is 0. The maximum absolute atomic E-state index is 2.50. The Balaban J connectivity index is 2.04. The van der Waals surface area contributed by atoms with Gasteiger partial charge >= 0.3 is 0 Å². The van der Waals surface area contributed by atoms with Crippen LogP contribution in [0.2, 0.25) is 0 Å². The molecule has 4 rings (SSSR count). The van der Waals surface area contributed by atoms with Gasteiger partial charge in [-0.2, -0.15) is 0 Å². The van der Waals surface area contributed by atoms with Crippen LogP contribution in [0.4, 0.5) is 0 Å². The minimum Gasteiger partial charge on any atom is -0.0765 e. The number of hydrogen-bond acceptors (Lipinski definition) is 0. The number of hydrogen-bond donors (Lipinski definition) is 0. The van der Waals surface area contributed by atoms with Gasteiger partial charge in [-0.05, 0) is 60.6 Å². The van der Waals surface area contributed by atoms with Crippen LogP contribution < -0.4 is 5.22 Å². The zero-order chi connectivity index (χ0) is 14.2. The van der Waals surface area contributed by atoms with Crippen LogP contribution in [-0.4, -0.2) is 0 Å². The summed E-state index contributed by atoms with van der Waals surface area (Å²) in [5.74, 6) is 0. The average Bonchev–Trinajstić information content (AvgIpc) is 2.53. The van der Waals surface area contributed by atoms with E-state index in [9.17, 15) is 0 Å². The van der Waals surface area contributed by atoms with E-state index in [0.29, 0.717) is 0 Å².